The fourth-order valence-electron chi connectivity index (χ4n) is 4.82. The maximum atomic E-state index is 14.3. The Hall–Kier alpha value is -1.68. The van der Waals surface area contributed by atoms with Crippen molar-refractivity contribution in [3.05, 3.63) is 69.7 Å². The molecule has 4 atom stereocenters. The molecule has 2 fully saturated rings. The number of ether oxygens (including phenoxy) is 3. The van der Waals surface area contributed by atoms with Gasteiger partial charge in [-0.3, -0.25) is 4.90 Å². The van der Waals surface area contributed by atoms with Crippen LogP contribution in [-0.2, 0) is 27.1 Å². The Labute approximate surface area is 277 Å². The van der Waals surface area contributed by atoms with Crippen LogP contribution in [0.15, 0.2) is 48.5 Å². The van der Waals surface area contributed by atoms with Crippen molar-refractivity contribution in [2.75, 3.05) is 26.3 Å². The third-order valence-electron chi connectivity index (χ3n) is 7.32. The van der Waals surface area contributed by atoms with Gasteiger partial charge in [0.05, 0.1) is 25.8 Å². The molecule has 2 aromatic carbocycles. The lowest BCUT2D eigenvalue weighted by molar-refractivity contribution is -0.116. The van der Waals surface area contributed by atoms with Crippen molar-refractivity contribution in [2.45, 2.75) is 103 Å². The normalized spacial score (nSPS) is 22.8. The van der Waals surface area contributed by atoms with Crippen LogP contribution in [0.3, 0.4) is 0 Å². The van der Waals surface area contributed by atoms with Crippen LogP contribution >= 0.6 is 35.6 Å². The van der Waals surface area contributed by atoms with E-state index in [-0.39, 0.29) is 43.7 Å². The van der Waals surface area contributed by atoms with Gasteiger partial charge >= 0.3 is 6.09 Å². The Kier molecular flexibility index (Phi) is 14.2. The lowest BCUT2D eigenvalue weighted by Gasteiger charge is -2.42. The second-order valence-electron chi connectivity index (χ2n) is 13.3. The van der Waals surface area contributed by atoms with E-state index in [0.29, 0.717) is 24.6 Å². The van der Waals surface area contributed by atoms with Gasteiger partial charge in [-0.05, 0) is 96.7 Å². The lowest BCUT2D eigenvalue weighted by Crippen LogP contribution is -2.58. The number of nitrogens with zero attached hydrogens (tertiary/aromatic N) is 1. The number of hydrogen-bond donors (Lipinski definition) is 1. The average Bonchev–Trinajstić information content (AvgIpc) is 2.90. The molecule has 0 bridgehead atoms. The summed E-state index contributed by atoms with van der Waals surface area (Å²) in [4.78, 5) is 14.2. The third kappa shape index (κ3) is 12.6. The number of carbonyl (C=O) groups excluding carboxylic acids is 1. The molecule has 2 heterocycles. The zero-order valence-electron chi connectivity index (χ0n) is 26.7. The molecular weight excluding hydrogens is 633 g/mol. The molecule has 11 heteroatoms. The summed E-state index contributed by atoms with van der Waals surface area (Å²) in [6, 6.07) is 15.3. The topological polar surface area (TPSA) is 60.0 Å². The first-order chi connectivity index (χ1) is 19.9. The van der Waals surface area contributed by atoms with Gasteiger partial charge in [0, 0.05) is 22.6 Å². The molecule has 44 heavy (non-hydrogen) atoms. The molecule has 2 saturated heterocycles. The van der Waals surface area contributed by atoms with E-state index >= 15 is 0 Å². The summed E-state index contributed by atoms with van der Waals surface area (Å²) >= 11 is 11.8. The van der Waals surface area contributed by atoms with Gasteiger partial charge in [-0.1, -0.05) is 47.5 Å². The van der Waals surface area contributed by atoms with Gasteiger partial charge in [-0.2, -0.15) is 0 Å². The lowest BCUT2D eigenvalue weighted by atomic mass is 9.98. The summed E-state index contributed by atoms with van der Waals surface area (Å²) < 4.78 is 44.8. The first kappa shape index (κ1) is 38.5. The van der Waals surface area contributed by atoms with E-state index in [9.17, 15) is 13.6 Å². The van der Waals surface area contributed by atoms with E-state index < -0.39 is 29.1 Å². The van der Waals surface area contributed by atoms with E-state index in [1.165, 1.54) is 19.4 Å². The molecular formula is C33H47Cl3F2N2O4. The van der Waals surface area contributed by atoms with Gasteiger partial charge in [-0.15, -0.1) is 12.4 Å². The number of benzene rings is 2. The van der Waals surface area contributed by atoms with E-state index in [2.05, 4.69) is 5.32 Å². The van der Waals surface area contributed by atoms with Crippen molar-refractivity contribution in [3.8, 4) is 0 Å². The number of rotatable bonds is 6. The zero-order chi connectivity index (χ0) is 32.0. The molecule has 1 amide bonds. The molecule has 0 aromatic heterocycles. The second kappa shape index (κ2) is 16.2. The highest BCUT2D eigenvalue weighted by Crippen LogP contribution is 2.27. The van der Waals surface area contributed by atoms with Gasteiger partial charge in [-0.25, -0.2) is 13.6 Å². The van der Waals surface area contributed by atoms with E-state index in [4.69, 9.17) is 37.4 Å². The minimum Gasteiger partial charge on any atom is -0.444 e. The molecule has 4 rings (SSSR count). The number of hydrogen-bond acceptors (Lipinski definition) is 5. The number of carbonyl (C=O) groups is 1. The van der Waals surface area contributed by atoms with Gasteiger partial charge < -0.3 is 19.5 Å². The van der Waals surface area contributed by atoms with Crippen molar-refractivity contribution < 1.29 is 27.8 Å². The van der Waals surface area contributed by atoms with Crippen LogP contribution in [0.1, 0.15) is 59.6 Å². The first-order valence-corrected chi connectivity index (χ1v) is 15.5. The van der Waals surface area contributed by atoms with E-state index in [1.807, 2.05) is 69.3 Å². The Morgan fingerprint density at radius 2 is 1.32 bits per heavy atom. The van der Waals surface area contributed by atoms with Crippen LogP contribution in [0.5, 0.6) is 0 Å². The van der Waals surface area contributed by atoms with Crippen LogP contribution in [0, 0.1) is 0 Å². The maximum absolute atomic E-state index is 14.3. The minimum absolute atomic E-state index is 0. The number of nitrogens with one attached hydrogen (secondary N) is 1. The van der Waals surface area contributed by atoms with Gasteiger partial charge in [0.1, 0.15) is 29.1 Å². The smallest absolute Gasteiger partial charge is 0.410 e. The molecule has 2 aromatic rings. The Morgan fingerprint density at radius 3 is 1.75 bits per heavy atom. The first-order valence-electron chi connectivity index (χ1n) is 14.7. The Balaban J connectivity index is 0.000000315. The monoisotopic (exact) mass is 678 g/mol. The summed E-state index contributed by atoms with van der Waals surface area (Å²) in [5.74, 6) is 0. The van der Waals surface area contributed by atoms with Crippen molar-refractivity contribution in [1.82, 2.24) is 10.2 Å². The molecule has 6 nitrogen and oxygen atoms in total. The predicted molar refractivity (Wildman–Crippen MR) is 176 cm³/mol. The third-order valence-corrected chi connectivity index (χ3v) is 7.83. The standard InChI is InChI=1S/C19H27ClFNO3.C14H19ClFNO.ClH/c1-18(2,3)25-17(23)22-11-16(19(4,5)21)24-12-15(22)10-13-6-8-14(20)9-7-13;1-14(2,16)13-8-17-12(9-18-13)7-10-3-5-11(15)6-4-10;/h6-9,15-16H,10-12H2,1-5H3;3-6,12-13,17H,7-9H2,1-2H3;1H/t15-,16+;12-,13+;/m00./s1. The highest BCUT2D eigenvalue weighted by Gasteiger charge is 2.41. The SMILES string of the molecule is CC(C)(C)OC(=O)N1C[C@H](C(C)(C)F)OC[C@@H]1Cc1ccc(Cl)cc1.CC(C)(F)[C@H]1CN[C@@H](Cc2ccc(Cl)cc2)CO1.Cl. The molecule has 0 spiro atoms. The highest BCUT2D eigenvalue weighted by molar-refractivity contribution is 6.30. The van der Waals surface area contributed by atoms with Crippen LogP contribution in [0.2, 0.25) is 10.0 Å². The zero-order valence-corrected chi connectivity index (χ0v) is 29.0. The van der Waals surface area contributed by atoms with Crippen molar-refractivity contribution in [2.24, 2.45) is 0 Å². The summed E-state index contributed by atoms with van der Waals surface area (Å²) in [6.07, 6.45) is -0.0172. The second-order valence-corrected chi connectivity index (χ2v) is 14.2. The molecule has 0 aliphatic carbocycles. The number of halogens is 5. The molecule has 0 radical (unpaired) electrons. The fraction of sp³-hybridized carbons (Fsp3) is 0.606. The number of amides is 1. The number of alkyl halides is 2. The van der Waals surface area contributed by atoms with E-state index in [0.717, 1.165) is 17.0 Å². The van der Waals surface area contributed by atoms with Crippen LogP contribution in [0.25, 0.3) is 0 Å². The van der Waals surface area contributed by atoms with Gasteiger partial charge in [0.15, 0.2) is 0 Å². The molecule has 0 unspecified atom stereocenters. The summed E-state index contributed by atoms with van der Waals surface area (Å²) in [5, 5.41) is 4.74. The predicted octanol–water partition coefficient (Wildman–Crippen LogP) is 8.04. The van der Waals surface area contributed by atoms with Crippen LogP contribution in [0.4, 0.5) is 13.6 Å². The fourth-order valence-corrected chi connectivity index (χ4v) is 5.07. The summed E-state index contributed by atoms with van der Waals surface area (Å²) in [5.41, 5.74) is -1.20. The van der Waals surface area contributed by atoms with Gasteiger partial charge in [0.2, 0.25) is 0 Å². The number of morpholine rings is 2. The van der Waals surface area contributed by atoms with Crippen LogP contribution < -0.4 is 5.32 Å². The Morgan fingerprint density at radius 1 is 0.841 bits per heavy atom. The molecule has 0 saturated carbocycles. The molecule has 2 aliphatic rings. The van der Waals surface area contributed by atoms with Crippen LogP contribution in [-0.4, -0.2) is 78.5 Å². The Bertz CT molecular complexity index is 1160. The maximum Gasteiger partial charge on any atom is 0.410 e. The van der Waals surface area contributed by atoms with Gasteiger partial charge in [0.25, 0.3) is 0 Å². The summed E-state index contributed by atoms with van der Waals surface area (Å²) in [7, 11) is 0. The van der Waals surface area contributed by atoms with Crippen molar-refractivity contribution in [3.63, 3.8) is 0 Å². The van der Waals surface area contributed by atoms with Crippen molar-refractivity contribution in [1.29, 1.82) is 0 Å². The summed E-state index contributed by atoms with van der Waals surface area (Å²) in [6.45, 7) is 13.0. The quantitative estimate of drug-likeness (QED) is 0.335. The average molecular weight is 680 g/mol. The molecule has 2 aliphatic heterocycles. The minimum atomic E-state index is -1.54. The molecule has 248 valence electrons. The van der Waals surface area contributed by atoms with E-state index in [1.54, 1.807) is 18.7 Å². The largest absolute Gasteiger partial charge is 0.444 e. The molecule has 1 N–H and O–H groups in total. The highest BCUT2D eigenvalue weighted by atomic mass is 35.5. The van der Waals surface area contributed by atoms with Crippen molar-refractivity contribution >= 4 is 41.7 Å².